The van der Waals surface area contributed by atoms with Gasteiger partial charge in [0, 0.05) is 55.0 Å². The molecule has 0 aliphatic carbocycles. The van der Waals surface area contributed by atoms with E-state index in [1.54, 1.807) is 0 Å². The number of benzene rings is 1. The number of rotatable bonds is 11. The fourth-order valence-corrected chi connectivity index (χ4v) is 6.55. The predicted molar refractivity (Wildman–Crippen MR) is 178 cm³/mol. The van der Waals surface area contributed by atoms with Crippen LogP contribution in [0.25, 0.3) is 0 Å². The van der Waals surface area contributed by atoms with Crippen molar-refractivity contribution in [2.24, 2.45) is 11.7 Å². The summed E-state index contributed by atoms with van der Waals surface area (Å²) < 4.78 is 0. The number of hydrogen-bond donors (Lipinski definition) is 1. The first kappa shape index (κ1) is 34.9. The molecule has 3 rings (SSSR count). The van der Waals surface area contributed by atoms with Gasteiger partial charge >= 0.3 is 0 Å². The summed E-state index contributed by atoms with van der Waals surface area (Å²) in [5, 5.41) is 0.811. The lowest BCUT2D eigenvalue weighted by molar-refractivity contribution is 0.1000. The van der Waals surface area contributed by atoms with Crippen LogP contribution in [0, 0.1) is 18.8 Å². The van der Waals surface area contributed by atoms with E-state index in [2.05, 4.69) is 79.5 Å². The summed E-state index contributed by atoms with van der Waals surface area (Å²) in [7, 11) is 0. The van der Waals surface area contributed by atoms with Crippen molar-refractivity contribution in [1.82, 2.24) is 9.80 Å². The molecule has 1 aromatic rings. The number of nitrogens with zero attached hydrogens (tertiary/aromatic N) is 3. The quantitative estimate of drug-likeness (QED) is 0.276. The molecule has 3 atom stereocenters. The Labute approximate surface area is 256 Å². The van der Waals surface area contributed by atoms with Gasteiger partial charge in [-0.1, -0.05) is 70.2 Å². The largest absolute Gasteiger partial charge is 0.370 e. The van der Waals surface area contributed by atoms with Crippen molar-refractivity contribution in [3.05, 3.63) is 52.6 Å². The number of unbranched alkanes of at least 4 members (excludes halogenated alkanes) is 1. The minimum Gasteiger partial charge on any atom is -0.370 e. The molecule has 0 spiro atoms. The van der Waals surface area contributed by atoms with E-state index in [0.717, 1.165) is 50.6 Å². The summed E-state index contributed by atoms with van der Waals surface area (Å²) in [4.78, 5) is 19.9. The van der Waals surface area contributed by atoms with E-state index in [9.17, 15) is 4.79 Å². The van der Waals surface area contributed by atoms with Crippen molar-refractivity contribution in [3.8, 4) is 12.8 Å². The monoisotopic (exact) mass is 582 g/mol. The van der Waals surface area contributed by atoms with Crippen molar-refractivity contribution in [2.45, 2.75) is 91.0 Å². The van der Waals surface area contributed by atoms with Gasteiger partial charge in [0.2, 0.25) is 5.91 Å². The highest BCUT2D eigenvalue weighted by molar-refractivity contribution is 6.31. The number of likely N-dealkylation sites (tertiary alicyclic amines) is 1. The maximum Gasteiger partial charge on any atom is 0.248 e. The number of amides is 1. The van der Waals surface area contributed by atoms with Gasteiger partial charge in [-0.3, -0.25) is 9.69 Å². The van der Waals surface area contributed by atoms with E-state index in [1.165, 1.54) is 62.9 Å². The van der Waals surface area contributed by atoms with Gasteiger partial charge in [-0.15, -0.1) is 12.8 Å². The molecule has 2 aliphatic heterocycles. The van der Waals surface area contributed by atoms with Gasteiger partial charge in [-0.2, -0.15) is 0 Å². The lowest BCUT2D eigenvalue weighted by Crippen LogP contribution is -2.44. The van der Waals surface area contributed by atoms with E-state index < -0.39 is 0 Å². The number of hydrogen-bond acceptors (Lipinski definition) is 4. The molecule has 1 amide bonds. The van der Waals surface area contributed by atoms with Gasteiger partial charge < -0.3 is 15.5 Å². The fraction of sp³-hybridized carbons (Fsp3) is 0.629. The highest BCUT2D eigenvalue weighted by Crippen LogP contribution is 2.37. The lowest BCUT2D eigenvalue weighted by atomic mass is 9.81. The standard InChI is InChI=1S/C33H53ClN4O.C2H2/c1-5-7-13-28(6-2)27(4)31-16-15-29(33(35)39)25-32(31)38-19-12-9-14-30(34)24-26(3)37(22-23-38)21-20-36-17-10-8-11-18-36;1-2/h9,14-16,24-28H,5-8,10-13,17-23H2,1-4H3,(H2,35,39);1-2H/b14-9-,30-24+;. The van der Waals surface area contributed by atoms with Crippen LogP contribution < -0.4 is 10.6 Å². The summed E-state index contributed by atoms with van der Waals surface area (Å²) in [5.74, 6) is 0.674. The molecule has 228 valence electrons. The average molecular weight is 583 g/mol. The van der Waals surface area contributed by atoms with Crippen molar-refractivity contribution in [3.63, 3.8) is 0 Å². The van der Waals surface area contributed by atoms with Crippen LogP contribution in [-0.2, 0) is 0 Å². The highest BCUT2D eigenvalue weighted by atomic mass is 35.5. The summed E-state index contributed by atoms with van der Waals surface area (Å²) in [6.45, 7) is 16.5. The zero-order chi connectivity index (χ0) is 30.2. The molecule has 0 saturated carbocycles. The average Bonchev–Trinajstić information content (AvgIpc) is 3.02. The zero-order valence-electron chi connectivity index (χ0n) is 26.2. The molecule has 1 fully saturated rings. The molecule has 2 aliphatic rings. The van der Waals surface area contributed by atoms with Crippen LogP contribution in [0.4, 0.5) is 5.69 Å². The number of terminal acetylenes is 1. The van der Waals surface area contributed by atoms with Crippen molar-refractivity contribution in [1.29, 1.82) is 0 Å². The summed E-state index contributed by atoms with van der Waals surface area (Å²) >= 11 is 6.62. The first-order valence-electron chi connectivity index (χ1n) is 15.9. The third-order valence-corrected chi connectivity index (χ3v) is 9.19. The highest BCUT2D eigenvalue weighted by Gasteiger charge is 2.24. The summed E-state index contributed by atoms with van der Waals surface area (Å²) in [5.41, 5.74) is 8.87. The molecule has 3 unspecified atom stereocenters. The molecule has 2 N–H and O–H groups in total. The van der Waals surface area contributed by atoms with Gasteiger partial charge in [-0.25, -0.2) is 0 Å². The van der Waals surface area contributed by atoms with Crippen molar-refractivity contribution >= 4 is 23.2 Å². The Hall–Kier alpha value is -2.26. The van der Waals surface area contributed by atoms with Crippen LogP contribution in [-0.4, -0.2) is 67.6 Å². The Bertz CT molecular complexity index is 997. The topological polar surface area (TPSA) is 52.8 Å². The molecule has 1 aromatic carbocycles. The molecular weight excluding hydrogens is 528 g/mol. The van der Waals surface area contributed by atoms with Gasteiger partial charge in [-0.05, 0) is 87.4 Å². The zero-order valence-corrected chi connectivity index (χ0v) is 26.9. The van der Waals surface area contributed by atoms with Crippen molar-refractivity contribution in [2.75, 3.05) is 50.7 Å². The van der Waals surface area contributed by atoms with Gasteiger partial charge in [0.1, 0.15) is 0 Å². The Morgan fingerprint density at radius 3 is 2.46 bits per heavy atom. The normalized spacial score (nSPS) is 22.8. The predicted octanol–water partition coefficient (Wildman–Crippen LogP) is 7.42. The van der Waals surface area contributed by atoms with Gasteiger partial charge in [0.25, 0.3) is 0 Å². The molecule has 0 radical (unpaired) electrons. The molecule has 1 saturated heterocycles. The molecule has 41 heavy (non-hydrogen) atoms. The van der Waals surface area contributed by atoms with Crippen LogP contribution in [0.2, 0.25) is 0 Å². The fourth-order valence-electron chi connectivity index (χ4n) is 6.28. The second-order valence-electron chi connectivity index (χ2n) is 11.6. The Morgan fingerprint density at radius 1 is 1.07 bits per heavy atom. The van der Waals surface area contributed by atoms with Crippen LogP contribution >= 0.6 is 11.6 Å². The van der Waals surface area contributed by atoms with E-state index in [1.807, 2.05) is 12.1 Å². The second-order valence-corrected chi connectivity index (χ2v) is 12.1. The number of anilines is 1. The summed E-state index contributed by atoms with van der Waals surface area (Å²) in [6.07, 6.45) is 24.2. The van der Waals surface area contributed by atoms with Crippen LogP contribution in [0.15, 0.2) is 41.5 Å². The second kappa shape index (κ2) is 19.0. The third kappa shape index (κ3) is 11.2. The Kier molecular flexibility index (Phi) is 16.2. The first-order chi connectivity index (χ1) is 19.8. The number of primary amides is 1. The number of allylic oxidation sites excluding steroid dienone is 2. The van der Waals surface area contributed by atoms with Crippen LogP contribution in [0.3, 0.4) is 0 Å². The first-order valence-corrected chi connectivity index (χ1v) is 16.2. The third-order valence-electron chi connectivity index (χ3n) is 8.93. The Morgan fingerprint density at radius 2 is 1.80 bits per heavy atom. The lowest BCUT2D eigenvalue weighted by Gasteiger charge is -2.36. The number of nitrogens with two attached hydrogens (primary N) is 1. The molecule has 2 heterocycles. The maximum atomic E-state index is 12.2. The number of carbonyl (C=O) groups is 1. The SMILES string of the molecule is C#C.CCCCC(CC)C(C)c1ccc(C(N)=O)cc1N1CC/C=C\C(Cl)=C/C(C)N(CCN2CCCCC2)CC1. The maximum absolute atomic E-state index is 12.2. The van der Waals surface area contributed by atoms with E-state index in [4.69, 9.17) is 17.3 Å². The number of halogens is 1. The number of piperidine rings is 1. The van der Waals surface area contributed by atoms with Gasteiger partial charge in [0.15, 0.2) is 0 Å². The molecule has 6 heteroatoms. The molecular formula is C35H55ClN4O. The van der Waals surface area contributed by atoms with Crippen LogP contribution in [0.5, 0.6) is 0 Å². The minimum absolute atomic E-state index is 0.251. The smallest absolute Gasteiger partial charge is 0.248 e. The van der Waals surface area contributed by atoms with Crippen LogP contribution in [0.1, 0.15) is 101 Å². The van der Waals surface area contributed by atoms with Crippen molar-refractivity contribution < 1.29 is 4.79 Å². The summed E-state index contributed by atoms with van der Waals surface area (Å²) in [6, 6.07) is 6.40. The number of carbonyl (C=O) groups excluding carboxylic acids is 1. The van der Waals surface area contributed by atoms with Gasteiger partial charge in [0.05, 0.1) is 0 Å². The molecule has 0 aromatic heterocycles. The minimum atomic E-state index is -0.362. The molecule has 5 nitrogen and oxygen atoms in total. The van der Waals surface area contributed by atoms with E-state index in [-0.39, 0.29) is 11.9 Å². The van der Waals surface area contributed by atoms with E-state index >= 15 is 0 Å². The molecule has 0 bridgehead atoms. The Balaban J connectivity index is 0.00000287. The van der Waals surface area contributed by atoms with E-state index in [0.29, 0.717) is 17.4 Å².